The highest BCUT2D eigenvalue weighted by Crippen LogP contribution is 2.34. The van der Waals surface area contributed by atoms with Crippen LogP contribution in [0.3, 0.4) is 0 Å². The van der Waals surface area contributed by atoms with Crippen LogP contribution in [0, 0.1) is 5.82 Å². The average Bonchev–Trinajstić information content (AvgIpc) is 2.91. The van der Waals surface area contributed by atoms with Crippen LogP contribution in [0.2, 0.25) is 0 Å². The highest BCUT2D eigenvalue weighted by molar-refractivity contribution is 9.10. The van der Waals surface area contributed by atoms with Gasteiger partial charge in [-0.15, -0.1) is 0 Å². The Morgan fingerprint density at radius 3 is 2.70 bits per heavy atom. The number of nitrogens with one attached hydrogen (secondary N) is 1. The standard InChI is InChI=1S/C19H22BrFN2O4/c1-4-26-18(24)15-11-23(9-8-22-19(25)27-12(2)3)17(20)16(15)13-6-5-7-14(21)10-13/h5-7,10-12H,4,8-9H2,1-3H3,(H,22,25). The van der Waals surface area contributed by atoms with Crippen LogP contribution in [-0.2, 0) is 16.0 Å². The van der Waals surface area contributed by atoms with Gasteiger partial charge in [-0.1, -0.05) is 12.1 Å². The summed E-state index contributed by atoms with van der Waals surface area (Å²) in [6.45, 7) is 6.15. The van der Waals surface area contributed by atoms with Gasteiger partial charge in [0.2, 0.25) is 0 Å². The van der Waals surface area contributed by atoms with Crippen LogP contribution in [0.1, 0.15) is 31.1 Å². The Labute approximate surface area is 165 Å². The third kappa shape index (κ3) is 5.56. The molecular formula is C19H22BrFN2O4. The lowest BCUT2D eigenvalue weighted by Crippen LogP contribution is -2.29. The van der Waals surface area contributed by atoms with E-state index in [0.717, 1.165) is 0 Å². The van der Waals surface area contributed by atoms with Crippen molar-refractivity contribution in [3.63, 3.8) is 0 Å². The van der Waals surface area contributed by atoms with E-state index in [1.165, 1.54) is 12.1 Å². The lowest BCUT2D eigenvalue weighted by molar-refractivity contribution is 0.0527. The Hall–Kier alpha value is -2.35. The molecule has 0 aliphatic carbocycles. The highest BCUT2D eigenvalue weighted by atomic mass is 79.9. The maximum absolute atomic E-state index is 13.7. The van der Waals surface area contributed by atoms with Gasteiger partial charge in [-0.25, -0.2) is 14.0 Å². The van der Waals surface area contributed by atoms with Gasteiger partial charge in [-0.3, -0.25) is 0 Å². The van der Waals surface area contributed by atoms with Crippen LogP contribution in [0.25, 0.3) is 11.1 Å². The fourth-order valence-electron chi connectivity index (χ4n) is 2.51. The summed E-state index contributed by atoms with van der Waals surface area (Å²) in [6.07, 6.45) is 0.903. The Kier molecular flexibility index (Phi) is 7.41. The van der Waals surface area contributed by atoms with Crippen molar-refractivity contribution < 1.29 is 23.5 Å². The summed E-state index contributed by atoms with van der Waals surface area (Å²) in [7, 11) is 0. The van der Waals surface area contributed by atoms with Crippen molar-refractivity contribution in [3.8, 4) is 11.1 Å². The summed E-state index contributed by atoms with van der Waals surface area (Å²) < 4.78 is 26.1. The minimum atomic E-state index is -0.510. The molecule has 6 nitrogen and oxygen atoms in total. The van der Waals surface area contributed by atoms with E-state index in [0.29, 0.717) is 34.4 Å². The quantitative estimate of drug-likeness (QED) is 0.648. The predicted molar refractivity (Wildman–Crippen MR) is 103 cm³/mol. The molecular weight excluding hydrogens is 419 g/mol. The Balaban J connectivity index is 2.27. The number of rotatable bonds is 7. The lowest BCUT2D eigenvalue weighted by Gasteiger charge is -2.10. The molecule has 0 bridgehead atoms. The largest absolute Gasteiger partial charge is 0.462 e. The molecule has 2 aromatic rings. The number of aromatic nitrogens is 1. The Morgan fingerprint density at radius 2 is 2.07 bits per heavy atom. The fraction of sp³-hybridized carbons (Fsp3) is 0.368. The minimum absolute atomic E-state index is 0.210. The Bertz CT molecular complexity index is 820. The van der Waals surface area contributed by atoms with Crippen molar-refractivity contribution in [1.29, 1.82) is 0 Å². The molecule has 0 aliphatic rings. The molecule has 0 saturated heterocycles. The summed E-state index contributed by atoms with van der Waals surface area (Å²) >= 11 is 3.48. The van der Waals surface area contributed by atoms with Gasteiger partial charge in [0.1, 0.15) is 5.82 Å². The van der Waals surface area contributed by atoms with Gasteiger partial charge in [-0.2, -0.15) is 0 Å². The van der Waals surface area contributed by atoms with Crippen molar-refractivity contribution >= 4 is 28.0 Å². The molecule has 0 radical (unpaired) electrons. The second-order valence-electron chi connectivity index (χ2n) is 6.01. The number of benzene rings is 1. The molecule has 0 spiro atoms. The van der Waals surface area contributed by atoms with Gasteiger partial charge in [0.15, 0.2) is 0 Å². The number of esters is 1. The number of amides is 1. The minimum Gasteiger partial charge on any atom is -0.462 e. The SMILES string of the molecule is CCOC(=O)c1cn(CCNC(=O)OC(C)C)c(Br)c1-c1cccc(F)c1. The maximum atomic E-state index is 13.7. The van der Waals surface area contributed by atoms with Crippen molar-refractivity contribution in [2.75, 3.05) is 13.2 Å². The topological polar surface area (TPSA) is 69.6 Å². The van der Waals surface area contributed by atoms with E-state index in [4.69, 9.17) is 9.47 Å². The van der Waals surface area contributed by atoms with Crippen LogP contribution >= 0.6 is 15.9 Å². The first kappa shape index (κ1) is 21.0. The normalized spacial score (nSPS) is 10.7. The molecule has 146 valence electrons. The van der Waals surface area contributed by atoms with Crippen molar-refractivity contribution in [3.05, 3.63) is 46.4 Å². The number of ether oxygens (including phenoxy) is 2. The highest BCUT2D eigenvalue weighted by Gasteiger charge is 2.22. The molecule has 8 heteroatoms. The van der Waals surface area contributed by atoms with Gasteiger partial charge >= 0.3 is 12.1 Å². The van der Waals surface area contributed by atoms with E-state index >= 15 is 0 Å². The van der Waals surface area contributed by atoms with Crippen molar-refractivity contribution in [2.45, 2.75) is 33.4 Å². The lowest BCUT2D eigenvalue weighted by atomic mass is 10.0. The van der Waals surface area contributed by atoms with Crippen molar-refractivity contribution in [2.24, 2.45) is 0 Å². The summed E-state index contributed by atoms with van der Waals surface area (Å²) in [6, 6.07) is 5.98. The number of nitrogens with zero attached hydrogens (tertiary/aromatic N) is 1. The first-order chi connectivity index (χ1) is 12.8. The number of carbonyl (C=O) groups excluding carboxylic acids is 2. The molecule has 1 aromatic carbocycles. The third-order valence-corrected chi connectivity index (χ3v) is 4.44. The van der Waals surface area contributed by atoms with Crippen LogP contribution in [0.5, 0.6) is 0 Å². The van der Waals surface area contributed by atoms with E-state index in [1.54, 1.807) is 43.7 Å². The molecule has 0 saturated carbocycles. The molecule has 0 fully saturated rings. The van der Waals surface area contributed by atoms with Gasteiger partial charge in [0.05, 0.1) is 22.9 Å². The molecule has 0 atom stereocenters. The van der Waals surface area contributed by atoms with Gasteiger partial charge < -0.3 is 19.4 Å². The maximum Gasteiger partial charge on any atom is 0.407 e. The molecule has 1 N–H and O–H groups in total. The van der Waals surface area contributed by atoms with Crippen LogP contribution in [0.4, 0.5) is 9.18 Å². The number of halogens is 2. The van der Waals surface area contributed by atoms with Gasteiger partial charge in [0.25, 0.3) is 0 Å². The zero-order valence-electron chi connectivity index (χ0n) is 15.4. The van der Waals surface area contributed by atoms with Crippen LogP contribution in [0.15, 0.2) is 35.1 Å². The van der Waals surface area contributed by atoms with E-state index in [1.807, 2.05) is 0 Å². The number of hydrogen-bond donors (Lipinski definition) is 1. The van der Waals surface area contributed by atoms with E-state index in [-0.39, 0.29) is 12.7 Å². The predicted octanol–water partition coefficient (Wildman–Crippen LogP) is 4.37. The first-order valence-electron chi connectivity index (χ1n) is 8.59. The molecule has 0 aliphatic heterocycles. The molecule has 2 rings (SSSR count). The molecule has 1 amide bonds. The smallest absolute Gasteiger partial charge is 0.407 e. The van der Waals surface area contributed by atoms with E-state index in [9.17, 15) is 14.0 Å². The second-order valence-corrected chi connectivity index (χ2v) is 6.76. The molecule has 1 aromatic heterocycles. The molecule has 0 unspecified atom stereocenters. The number of alkyl carbamates (subject to hydrolysis) is 1. The summed E-state index contributed by atoms with van der Waals surface area (Å²) in [5.41, 5.74) is 1.41. The summed E-state index contributed by atoms with van der Waals surface area (Å²) in [5, 5.41) is 2.64. The van der Waals surface area contributed by atoms with Gasteiger partial charge in [-0.05, 0) is 54.4 Å². The molecule has 1 heterocycles. The summed E-state index contributed by atoms with van der Waals surface area (Å²) in [5.74, 6) is -0.900. The monoisotopic (exact) mass is 440 g/mol. The zero-order valence-corrected chi connectivity index (χ0v) is 17.0. The Morgan fingerprint density at radius 1 is 1.33 bits per heavy atom. The number of carbonyl (C=O) groups is 2. The molecule has 27 heavy (non-hydrogen) atoms. The summed E-state index contributed by atoms with van der Waals surface area (Å²) in [4.78, 5) is 23.9. The van der Waals surface area contributed by atoms with Gasteiger partial charge in [0, 0.05) is 24.8 Å². The van der Waals surface area contributed by atoms with E-state index < -0.39 is 17.9 Å². The number of hydrogen-bond acceptors (Lipinski definition) is 4. The zero-order chi connectivity index (χ0) is 20.0. The average molecular weight is 441 g/mol. The van der Waals surface area contributed by atoms with Crippen molar-refractivity contribution in [1.82, 2.24) is 9.88 Å². The van der Waals surface area contributed by atoms with Crippen LogP contribution < -0.4 is 5.32 Å². The van der Waals surface area contributed by atoms with Crippen LogP contribution in [-0.4, -0.2) is 35.9 Å². The first-order valence-corrected chi connectivity index (χ1v) is 9.39. The second kappa shape index (κ2) is 9.55. The third-order valence-electron chi connectivity index (χ3n) is 3.59. The van der Waals surface area contributed by atoms with E-state index in [2.05, 4.69) is 21.2 Å². The fourth-order valence-corrected chi connectivity index (χ4v) is 3.23.